The Balaban J connectivity index is 1.97. The van der Waals surface area contributed by atoms with Gasteiger partial charge in [-0.2, -0.15) is 0 Å². The summed E-state index contributed by atoms with van der Waals surface area (Å²) in [6.45, 7) is 2.08. The standard InChI is InChI=1S/C17H20FNO/c1-13(15-7-9-16(18)10-8-15)19-17(12-20)11-14-5-3-2-4-6-14/h2-10,13,17,19-20H,11-12H2,1H3. The predicted molar refractivity (Wildman–Crippen MR) is 79.0 cm³/mol. The fourth-order valence-corrected chi connectivity index (χ4v) is 2.28. The van der Waals surface area contributed by atoms with Gasteiger partial charge in [0.2, 0.25) is 0 Å². The second-order valence-corrected chi connectivity index (χ2v) is 5.01. The molecule has 2 aromatic carbocycles. The molecule has 2 rings (SSSR count). The van der Waals surface area contributed by atoms with E-state index in [9.17, 15) is 9.50 Å². The van der Waals surface area contributed by atoms with E-state index >= 15 is 0 Å². The van der Waals surface area contributed by atoms with Gasteiger partial charge in [0.1, 0.15) is 5.82 Å². The van der Waals surface area contributed by atoms with Crippen LogP contribution in [0.5, 0.6) is 0 Å². The molecule has 0 fully saturated rings. The summed E-state index contributed by atoms with van der Waals surface area (Å²) in [6.07, 6.45) is 0.767. The first-order valence-corrected chi connectivity index (χ1v) is 6.85. The number of aliphatic hydroxyl groups excluding tert-OH is 1. The molecule has 2 aromatic rings. The third-order valence-corrected chi connectivity index (χ3v) is 3.40. The highest BCUT2D eigenvalue weighted by Crippen LogP contribution is 2.14. The first-order chi connectivity index (χ1) is 9.69. The van der Waals surface area contributed by atoms with E-state index in [0.717, 1.165) is 12.0 Å². The Kier molecular flexibility index (Phi) is 5.27. The van der Waals surface area contributed by atoms with E-state index in [4.69, 9.17) is 0 Å². The molecule has 0 spiro atoms. The summed E-state index contributed by atoms with van der Waals surface area (Å²) in [7, 11) is 0. The van der Waals surface area contributed by atoms with Gasteiger partial charge in [0.25, 0.3) is 0 Å². The molecule has 0 saturated carbocycles. The largest absolute Gasteiger partial charge is 0.395 e. The van der Waals surface area contributed by atoms with E-state index in [-0.39, 0.29) is 24.5 Å². The van der Waals surface area contributed by atoms with Crippen molar-refractivity contribution in [2.45, 2.75) is 25.4 Å². The summed E-state index contributed by atoms with van der Waals surface area (Å²) in [5, 5.41) is 12.9. The average molecular weight is 273 g/mol. The Morgan fingerprint density at radius 3 is 2.30 bits per heavy atom. The summed E-state index contributed by atoms with van der Waals surface area (Å²) in [5.74, 6) is -0.232. The van der Waals surface area contributed by atoms with Crippen molar-refractivity contribution in [3.63, 3.8) is 0 Å². The van der Waals surface area contributed by atoms with Gasteiger partial charge in [0, 0.05) is 12.1 Å². The molecule has 2 unspecified atom stereocenters. The molecule has 0 radical (unpaired) electrons. The molecule has 20 heavy (non-hydrogen) atoms. The van der Waals surface area contributed by atoms with Crippen molar-refractivity contribution in [1.29, 1.82) is 0 Å². The normalized spacial score (nSPS) is 13.9. The summed E-state index contributed by atoms with van der Waals surface area (Å²) < 4.78 is 12.9. The molecule has 2 atom stereocenters. The highest BCUT2D eigenvalue weighted by atomic mass is 19.1. The monoisotopic (exact) mass is 273 g/mol. The molecule has 0 saturated heterocycles. The van der Waals surface area contributed by atoms with Gasteiger partial charge in [-0.3, -0.25) is 0 Å². The molecule has 0 amide bonds. The van der Waals surface area contributed by atoms with Crippen LogP contribution in [-0.2, 0) is 6.42 Å². The smallest absolute Gasteiger partial charge is 0.123 e. The van der Waals surface area contributed by atoms with E-state index in [0.29, 0.717) is 0 Å². The lowest BCUT2D eigenvalue weighted by Gasteiger charge is -2.22. The molecule has 2 N–H and O–H groups in total. The van der Waals surface area contributed by atoms with Crippen LogP contribution in [0.3, 0.4) is 0 Å². The maximum absolute atomic E-state index is 12.9. The number of benzene rings is 2. The molecule has 0 aliphatic carbocycles. The summed E-state index contributed by atoms with van der Waals surface area (Å²) in [4.78, 5) is 0. The molecular weight excluding hydrogens is 253 g/mol. The SMILES string of the molecule is CC(NC(CO)Cc1ccccc1)c1ccc(F)cc1. The zero-order valence-electron chi connectivity index (χ0n) is 11.6. The topological polar surface area (TPSA) is 32.3 Å². The molecule has 106 valence electrons. The minimum Gasteiger partial charge on any atom is -0.395 e. The van der Waals surface area contributed by atoms with Crippen molar-refractivity contribution in [2.24, 2.45) is 0 Å². The van der Waals surface area contributed by atoms with Gasteiger partial charge in [0.05, 0.1) is 6.61 Å². The summed E-state index contributed by atoms with van der Waals surface area (Å²) >= 11 is 0. The Hall–Kier alpha value is -1.71. The van der Waals surface area contributed by atoms with Crippen LogP contribution in [0, 0.1) is 5.82 Å². The van der Waals surface area contributed by atoms with Crippen LogP contribution in [-0.4, -0.2) is 17.8 Å². The first kappa shape index (κ1) is 14.7. The van der Waals surface area contributed by atoms with Crippen LogP contribution in [0.4, 0.5) is 4.39 Å². The van der Waals surface area contributed by atoms with E-state index in [1.54, 1.807) is 12.1 Å². The maximum atomic E-state index is 12.9. The number of halogens is 1. The van der Waals surface area contributed by atoms with Crippen molar-refractivity contribution in [3.8, 4) is 0 Å². The van der Waals surface area contributed by atoms with Crippen LogP contribution < -0.4 is 5.32 Å². The average Bonchev–Trinajstić information content (AvgIpc) is 2.48. The molecular formula is C17H20FNO. The number of aliphatic hydroxyl groups is 1. The lowest BCUT2D eigenvalue weighted by Crippen LogP contribution is -2.36. The second-order valence-electron chi connectivity index (χ2n) is 5.01. The lowest BCUT2D eigenvalue weighted by molar-refractivity contribution is 0.232. The van der Waals surface area contributed by atoms with Gasteiger partial charge in [0.15, 0.2) is 0 Å². The number of hydrogen-bond donors (Lipinski definition) is 2. The molecule has 2 nitrogen and oxygen atoms in total. The van der Waals surface area contributed by atoms with Crippen LogP contribution in [0.1, 0.15) is 24.1 Å². The van der Waals surface area contributed by atoms with Crippen molar-refractivity contribution in [3.05, 3.63) is 71.5 Å². The van der Waals surface area contributed by atoms with Crippen LogP contribution in [0.15, 0.2) is 54.6 Å². The molecule has 0 aliphatic rings. The molecule has 0 bridgehead atoms. The summed E-state index contributed by atoms with van der Waals surface area (Å²) in [5.41, 5.74) is 2.20. The Morgan fingerprint density at radius 2 is 1.70 bits per heavy atom. The molecule has 0 aliphatic heterocycles. The molecule has 0 aromatic heterocycles. The van der Waals surface area contributed by atoms with Crippen LogP contribution >= 0.6 is 0 Å². The van der Waals surface area contributed by atoms with E-state index in [1.165, 1.54) is 17.7 Å². The highest BCUT2D eigenvalue weighted by Gasteiger charge is 2.13. The number of hydrogen-bond acceptors (Lipinski definition) is 2. The van der Waals surface area contributed by atoms with Crippen molar-refractivity contribution < 1.29 is 9.50 Å². The predicted octanol–water partition coefficient (Wildman–Crippen LogP) is 3.08. The minimum atomic E-state index is -0.232. The van der Waals surface area contributed by atoms with Gasteiger partial charge in [-0.05, 0) is 36.6 Å². The fraction of sp³-hybridized carbons (Fsp3) is 0.294. The van der Waals surface area contributed by atoms with Crippen molar-refractivity contribution >= 4 is 0 Å². The molecule has 0 heterocycles. The Morgan fingerprint density at radius 1 is 1.05 bits per heavy atom. The zero-order valence-corrected chi connectivity index (χ0v) is 11.6. The minimum absolute atomic E-state index is 0.0162. The highest BCUT2D eigenvalue weighted by molar-refractivity contribution is 5.20. The molecule has 3 heteroatoms. The first-order valence-electron chi connectivity index (χ1n) is 6.85. The maximum Gasteiger partial charge on any atom is 0.123 e. The van der Waals surface area contributed by atoms with Crippen molar-refractivity contribution in [1.82, 2.24) is 5.32 Å². The zero-order chi connectivity index (χ0) is 14.4. The second kappa shape index (κ2) is 7.17. The van der Waals surface area contributed by atoms with Gasteiger partial charge in [-0.1, -0.05) is 42.5 Å². The lowest BCUT2D eigenvalue weighted by atomic mass is 10.0. The third-order valence-electron chi connectivity index (χ3n) is 3.40. The van der Waals surface area contributed by atoms with Gasteiger partial charge < -0.3 is 10.4 Å². The van der Waals surface area contributed by atoms with E-state index < -0.39 is 0 Å². The van der Waals surface area contributed by atoms with E-state index in [1.807, 2.05) is 37.3 Å². The number of nitrogens with one attached hydrogen (secondary N) is 1. The van der Waals surface area contributed by atoms with Gasteiger partial charge in [-0.25, -0.2) is 4.39 Å². The third kappa shape index (κ3) is 4.15. The van der Waals surface area contributed by atoms with Gasteiger partial charge >= 0.3 is 0 Å². The van der Waals surface area contributed by atoms with Crippen LogP contribution in [0.2, 0.25) is 0 Å². The Labute approximate surface area is 119 Å². The van der Waals surface area contributed by atoms with Crippen molar-refractivity contribution in [2.75, 3.05) is 6.61 Å². The van der Waals surface area contributed by atoms with E-state index in [2.05, 4.69) is 5.32 Å². The quantitative estimate of drug-likeness (QED) is 0.847. The fourth-order valence-electron chi connectivity index (χ4n) is 2.28. The van der Waals surface area contributed by atoms with Crippen LogP contribution in [0.25, 0.3) is 0 Å². The van der Waals surface area contributed by atoms with Gasteiger partial charge in [-0.15, -0.1) is 0 Å². The Bertz CT molecular complexity index is 512. The summed E-state index contributed by atoms with van der Waals surface area (Å²) in [6, 6.07) is 16.6. The number of rotatable bonds is 6.